The topological polar surface area (TPSA) is 58.6 Å². The molecule has 0 bridgehead atoms. The number of carbonyl (C=O) groups is 1. The van der Waals surface area contributed by atoms with Crippen LogP contribution in [0.2, 0.25) is 0 Å². The summed E-state index contributed by atoms with van der Waals surface area (Å²) < 4.78 is 5.43. The standard InChI is InChI=1S/C15H19NO3/c1-11(10-17)9-16-15(18)5-3-12-2-4-14-13(8-12)6-7-19-14/h2-5,8,11,17H,6-7,9-10H2,1H3,(H,16,18)/b5-3+. The van der Waals surface area contributed by atoms with Crippen LogP contribution in [0.3, 0.4) is 0 Å². The molecular weight excluding hydrogens is 242 g/mol. The van der Waals surface area contributed by atoms with Crippen LogP contribution in [0.15, 0.2) is 24.3 Å². The van der Waals surface area contributed by atoms with E-state index < -0.39 is 0 Å². The molecule has 4 heteroatoms. The molecule has 0 aromatic heterocycles. The smallest absolute Gasteiger partial charge is 0.244 e. The molecule has 0 spiro atoms. The van der Waals surface area contributed by atoms with Crippen molar-refractivity contribution in [2.24, 2.45) is 5.92 Å². The number of carbonyl (C=O) groups excluding carboxylic acids is 1. The normalized spacial score (nSPS) is 15.1. The van der Waals surface area contributed by atoms with Crippen LogP contribution < -0.4 is 10.1 Å². The fraction of sp³-hybridized carbons (Fsp3) is 0.400. The van der Waals surface area contributed by atoms with Gasteiger partial charge < -0.3 is 15.2 Å². The number of aliphatic hydroxyl groups excluding tert-OH is 1. The summed E-state index contributed by atoms with van der Waals surface area (Å²) in [5, 5.41) is 11.6. The molecule has 1 heterocycles. The van der Waals surface area contributed by atoms with Crippen LogP contribution in [-0.4, -0.2) is 30.8 Å². The second-order valence-electron chi connectivity index (χ2n) is 4.83. The largest absolute Gasteiger partial charge is 0.493 e. The van der Waals surface area contributed by atoms with Crippen LogP contribution in [0.25, 0.3) is 6.08 Å². The summed E-state index contributed by atoms with van der Waals surface area (Å²) in [5.41, 5.74) is 2.19. The Labute approximate surface area is 113 Å². The first-order valence-electron chi connectivity index (χ1n) is 6.51. The van der Waals surface area contributed by atoms with Gasteiger partial charge in [0, 0.05) is 25.6 Å². The third-order valence-corrected chi connectivity index (χ3v) is 3.08. The Kier molecular flexibility index (Phi) is 4.58. The zero-order valence-corrected chi connectivity index (χ0v) is 11.1. The van der Waals surface area contributed by atoms with Gasteiger partial charge in [0.25, 0.3) is 0 Å². The number of fused-ring (bicyclic) bond motifs is 1. The zero-order valence-electron chi connectivity index (χ0n) is 11.1. The van der Waals surface area contributed by atoms with Gasteiger partial charge in [-0.3, -0.25) is 4.79 Å². The maximum atomic E-state index is 11.6. The van der Waals surface area contributed by atoms with Gasteiger partial charge in [0.1, 0.15) is 5.75 Å². The molecule has 4 nitrogen and oxygen atoms in total. The molecule has 0 saturated carbocycles. The molecular formula is C15H19NO3. The highest BCUT2D eigenvalue weighted by Crippen LogP contribution is 2.26. The number of nitrogens with one attached hydrogen (secondary N) is 1. The Balaban J connectivity index is 1.89. The van der Waals surface area contributed by atoms with Gasteiger partial charge >= 0.3 is 0 Å². The lowest BCUT2D eigenvalue weighted by Crippen LogP contribution is -2.27. The first-order valence-corrected chi connectivity index (χ1v) is 6.51. The second-order valence-corrected chi connectivity index (χ2v) is 4.83. The van der Waals surface area contributed by atoms with E-state index in [4.69, 9.17) is 9.84 Å². The molecule has 1 atom stereocenters. The number of hydrogen-bond acceptors (Lipinski definition) is 3. The fourth-order valence-corrected chi connectivity index (χ4v) is 1.88. The molecule has 1 aromatic rings. The molecule has 102 valence electrons. The maximum Gasteiger partial charge on any atom is 0.244 e. The van der Waals surface area contributed by atoms with Crippen molar-refractivity contribution in [1.82, 2.24) is 5.32 Å². The van der Waals surface area contributed by atoms with Crippen molar-refractivity contribution in [2.45, 2.75) is 13.3 Å². The highest BCUT2D eigenvalue weighted by molar-refractivity contribution is 5.91. The van der Waals surface area contributed by atoms with Crippen LogP contribution in [0.5, 0.6) is 5.75 Å². The Morgan fingerprint density at radius 1 is 1.58 bits per heavy atom. The Morgan fingerprint density at radius 3 is 3.21 bits per heavy atom. The van der Waals surface area contributed by atoms with Crippen molar-refractivity contribution in [2.75, 3.05) is 19.8 Å². The van der Waals surface area contributed by atoms with E-state index in [1.54, 1.807) is 6.08 Å². The molecule has 2 N–H and O–H groups in total. The lowest BCUT2D eigenvalue weighted by molar-refractivity contribution is -0.116. The van der Waals surface area contributed by atoms with Gasteiger partial charge in [-0.15, -0.1) is 0 Å². The summed E-state index contributed by atoms with van der Waals surface area (Å²) >= 11 is 0. The van der Waals surface area contributed by atoms with Crippen molar-refractivity contribution in [1.29, 1.82) is 0 Å². The minimum Gasteiger partial charge on any atom is -0.493 e. The molecule has 1 aliphatic heterocycles. The molecule has 1 amide bonds. The molecule has 2 rings (SSSR count). The number of ether oxygens (including phenoxy) is 1. The minimum atomic E-state index is -0.142. The van der Waals surface area contributed by atoms with Gasteiger partial charge in [0.2, 0.25) is 5.91 Å². The molecule has 0 aliphatic carbocycles. The van der Waals surface area contributed by atoms with Gasteiger partial charge in [0.15, 0.2) is 0 Å². The van der Waals surface area contributed by atoms with E-state index in [1.165, 1.54) is 11.6 Å². The van der Waals surface area contributed by atoms with E-state index in [1.807, 2.05) is 25.1 Å². The van der Waals surface area contributed by atoms with Crippen molar-refractivity contribution < 1.29 is 14.6 Å². The Morgan fingerprint density at radius 2 is 2.42 bits per heavy atom. The highest BCUT2D eigenvalue weighted by Gasteiger charge is 2.11. The first-order chi connectivity index (χ1) is 9.19. The van der Waals surface area contributed by atoms with Crippen LogP contribution in [-0.2, 0) is 11.2 Å². The summed E-state index contributed by atoms with van der Waals surface area (Å²) in [6, 6.07) is 5.92. The first kappa shape index (κ1) is 13.6. The number of aliphatic hydroxyl groups is 1. The summed E-state index contributed by atoms with van der Waals surface area (Å²) in [6.45, 7) is 3.18. The van der Waals surface area contributed by atoms with Crippen molar-refractivity contribution in [3.8, 4) is 5.75 Å². The van der Waals surface area contributed by atoms with Gasteiger partial charge in [-0.25, -0.2) is 0 Å². The number of amides is 1. The van der Waals surface area contributed by atoms with Gasteiger partial charge in [-0.2, -0.15) is 0 Å². The second kappa shape index (κ2) is 6.38. The zero-order chi connectivity index (χ0) is 13.7. The van der Waals surface area contributed by atoms with E-state index in [2.05, 4.69) is 5.32 Å². The van der Waals surface area contributed by atoms with Gasteiger partial charge in [-0.1, -0.05) is 13.0 Å². The predicted octanol–water partition coefficient (Wildman–Crippen LogP) is 1.38. The van der Waals surface area contributed by atoms with E-state index in [9.17, 15) is 4.79 Å². The summed E-state index contributed by atoms with van der Waals surface area (Å²) in [5.74, 6) is 0.880. The van der Waals surface area contributed by atoms with Gasteiger partial charge in [-0.05, 0) is 35.3 Å². The third-order valence-electron chi connectivity index (χ3n) is 3.08. The lowest BCUT2D eigenvalue weighted by Gasteiger charge is -2.07. The number of hydrogen-bond donors (Lipinski definition) is 2. The maximum absolute atomic E-state index is 11.6. The monoisotopic (exact) mass is 261 g/mol. The van der Waals surface area contributed by atoms with Crippen LogP contribution >= 0.6 is 0 Å². The van der Waals surface area contributed by atoms with Crippen molar-refractivity contribution in [3.63, 3.8) is 0 Å². The Hall–Kier alpha value is -1.81. The molecule has 0 fully saturated rings. The fourth-order valence-electron chi connectivity index (χ4n) is 1.88. The summed E-state index contributed by atoms with van der Waals surface area (Å²) in [4.78, 5) is 11.6. The highest BCUT2D eigenvalue weighted by atomic mass is 16.5. The minimum absolute atomic E-state index is 0.0782. The molecule has 1 aliphatic rings. The molecule has 19 heavy (non-hydrogen) atoms. The van der Waals surface area contributed by atoms with Crippen LogP contribution in [0.4, 0.5) is 0 Å². The number of benzene rings is 1. The Bertz CT molecular complexity index is 482. The van der Waals surface area contributed by atoms with E-state index >= 15 is 0 Å². The quantitative estimate of drug-likeness (QED) is 0.787. The molecule has 0 radical (unpaired) electrons. The SMILES string of the molecule is CC(CO)CNC(=O)/C=C/c1ccc2c(c1)CCO2. The summed E-state index contributed by atoms with van der Waals surface area (Å²) in [6.07, 6.45) is 4.23. The average molecular weight is 261 g/mol. The molecule has 0 saturated heterocycles. The van der Waals surface area contributed by atoms with Crippen molar-refractivity contribution in [3.05, 3.63) is 35.4 Å². The van der Waals surface area contributed by atoms with E-state index in [0.717, 1.165) is 24.3 Å². The summed E-state index contributed by atoms with van der Waals surface area (Å²) in [7, 11) is 0. The lowest BCUT2D eigenvalue weighted by atomic mass is 10.1. The average Bonchev–Trinajstić information content (AvgIpc) is 2.89. The van der Waals surface area contributed by atoms with E-state index in [0.29, 0.717) is 6.54 Å². The van der Waals surface area contributed by atoms with Crippen LogP contribution in [0.1, 0.15) is 18.1 Å². The van der Waals surface area contributed by atoms with E-state index in [-0.39, 0.29) is 18.4 Å². The van der Waals surface area contributed by atoms with Crippen molar-refractivity contribution >= 4 is 12.0 Å². The van der Waals surface area contributed by atoms with Crippen LogP contribution in [0, 0.1) is 5.92 Å². The number of rotatable bonds is 5. The predicted molar refractivity (Wildman–Crippen MR) is 73.9 cm³/mol. The molecule has 1 unspecified atom stereocenters. The molecule has 1 aromatic carbocycles. The third kappa shape index (κ3) is 3.83. The van der Waals surface area contributed by atoms with Gasteiger partial charge in [0.05, 0.1) is 6.61 Å².